The summed E-state index contributed by atoms with van der Waals surface area (Å²) in [6, 6.07) is 3.45. The highest BCUT2D eigenvalue weighted by molar-refractivity contribution is 7.91. The van der Waals surface area contributed by atoms with E-state index in [2.05, 4.69) is 4.74 Å². The summed E-state index contributed by atoms with van der Waals surface area (Å²) in [5.74, 6) is -2.94. The van der Waals surface area contributed by atoms with Crippen molar-refractivity contribution in [2.45, 2.75) is 13.0 Å². The topological polar surface area (TPSA) is 86.7 Å². The molecule has 0 aliphatic carbocycles. The number of sulfone groups is 1. The molecule has 1 fully saturated rings. The Bertz CT molecular complexity index is 697. The van der Waals surface area contributed by atoms with E-state index in [-0.39, 0.29) is 30.1 Å². The van der Waals surface area contributed by atoms with Crippen LogP contribution in [0.25, 0.3) is 0 Å². The van der Waals surface area contributed by atoms with Gasteiger partial charge in [0.25, 0.3) is 0 Å². The summed E-state index contributed by atoms with van der Waals surface area (Å²) in [7, 11) is -2.02. The van der Waals surface area contributed by atoms with Crippen LogP contribution in [0.3, 0.4) is 0 Å². The quantitative estimate of drug-likeness (QED) is 0.768. The van der Waals surface area contributed by atoms with E-state index in [0.29, 0.717) is 5.56 Å². The fraction of sp³-hybridized carbons (Fsp3) is 0.429. The highest BCUT2D eigenvalue weighted by Crippen LogP contribution is 2.21. The van der Waals surface area contributed by atoms with Gasteiger partial charge >= 0.3 is 11.9 Å². The number of ether oxygens (including phenoxy) is 2. The van der Waals surface area contributed by atoms with Crippen LogP contribution in [0.2, 0.25) is 0 Å². The largest absolute Gasteiger partial charge is 0.465 e. The molecular weight excluding hydrogens is 315 g/mol. The molecule has 0 aromatic heterocycles. The zero-order valence-electron chi connectivity index (χ0n) is 11.9. The lowest BCUT2D eigenvalue weighted by Gasteiger charge is -2.11. The van der Waals surface area contributed by atoms with Gasteiger partial charge in [-0.3, -0.25) is 4.79 Å². The lowest BCUT2D eigenvalue weighted by molar-refractivity contribution is -0.149. The second-order valence-corrected chi connectivity index (χ2v) is 7.23. The Morgan fingerprint density at radius 3 is 2.68 bits per heavy atom. The van der Waals surface area contributed by atoms with Gasteiger partial charge in [-0.1, -0.05) is 6.07 Å². The molecule has 0 bridgehead atoms. The number of halogens is 1. The maximum Gasteiger partial charge on any atom is 0.338 e. The Morgan fingerprint density at radius 1 is 1.36 bits per heavy atom. The van der Waals surface area contributed by atoms with Crippen molar-refractivity contribution >= 4 is 21.8 Å². The summed E-state index contributed by atoms with van der Waals surface area (Å²) in [6.07, 6.45) is 0.231. The Morgan fingerprint density at radius 2 is 2.09 bits per heavy atom. The lowest BCUT2D eigenvalue weighted by Crippen LogP contribution is -2.19. The van der Waals surface area contributed by atoms with Crippen LogP contribution in [-0.4, -0.2) is 39.0 Å². The zero-order valence-corrected chi connectivity index (χ0v) is 12.7. The van der Waals surface area contributed by atoms with Crippen LogP contribution in [0.5, 0.6) is 0 Å². The van der Waals surface area contributed by atoms with E-state index in [0.717, 1.165) is 19.2 Å². The fourth-order valence-electron chi connectivity index (χ4n) is 2.22. The maximum atomic E-state index is 13.2. The normalized spacial score (nSPS) is 19.6. The number of methoxy groups -OCH3 is 1. The van der Waals surface area contributed by atoms with Crippen molar-refractivity contribution in [3.63, 3.8) is 0 Å². The van der Waals surface area contributed by atoms with E-state index in [1.807, 2.05) is 0 Å². The second-order valence-electron chi connectivity index (χ2n) is 5.00. The summed E-state index contributed by atoms with van der Waals surface area (Å²) in [5.41, 5.74) is 0.261. The van der Waals surface area contributed by atoms with Gasteiger partial charge in [0.2, 0.25) is 0 Å². The third kappa shape index (κ3) is 3.82. The number of rotatable bonds is 4. The highest BCUT2D eigenvalue weighted by Gasteiger charge is 2.34. The lowest BCUT2D eigenvalue weighted by atomic mass is 10.1. The minimum atomic E-state index is -3.18. The van der Waals surface area contributed by atoms with E-state index in [1.165, 1.54) is 6.07 Å². The molecule has 1 aromatic carbocycles. The number of hydrogen-bond donors (Lipinski definition) is 0. The molecule has 1 aliphatic heterocycles. The zero-order chi connectivity index (χ0) is 16.3. The molecule has 1 saturated heterocycles. The van der Waals surface area contributed by atoms with Crippen molar-refractivity contribution in [1.29, 1.82) is 0 Å². The van der Waals surface area contributed by atoms with Crippen molar-refractivity contribution in [2.75, 3.05) is 18.6 Å². The van der Waals surface area contributed by atoms with E-state index in [1.54, 1.807) is 0 Å². The van der Waals surface area contributed by atoms with E-state index in [4.69, 9.17) is 4.74 Å². The number of carbonyl (C=O) groups is 2. The molecule has 1 aliphatic rings. The first kappa shape index (κ1) is 16.4. The summed E-state index contributed by atoms with van der Waals surface area (Å²) >= 11 is 0. The molecule has 1 aromatic rings. The molecule has 120 valence electrons. The van der Waals surface area contributed by atoms with Crippen LogP contribution in [0.1, 0.15) is 22.3 Å². The highest BCUT2D eigenvalue weighted by atomic mass is 32.2. The van der Waals surface area contributed by atoms with Gasteiger partial charge in [-0.15, -0.1) is 0 Å². The summed E-state index contributed by atoms with van der Waals surface area (Å²) < 4.78 is 45.4. The molecule has 22 heavy (non-hydrogen) atoms. The monoisotopic (exact) mass is 330 g/mol. The predicted molar refractivity (Wildman–Crippen MR) is 74.3 cm³/mol. The minimum Gasteiger partial charge on any atom is -0.465 e. The van der Waals surface area contributed by atoms with Crippen LogP contribution in [0.4, 0.5) is 4.39 Å². The second kappa shape index (κ2) is 6.43. The molecule has 0 amide bonds. The molecule has 1 heterocycles. The third-order valence-corrected chi connectivity index (χ3v) is 5.18. The van der Waals surface area contributed by atoms with Gasteiger partial charge in [-0.05, 0) is 18.6 Å². The molecule has 1 atom stereocenters. The van der Waals surface area contributed by atoms with Crippen LogP contribution in [-0.2, 0) is 30.7 Å². The van der Waals surface area contributed by atoms with Crippen LogP contribution < -0.4 is 0 Å². The Balaban J connectivity index is 2.05. The van der Waals surface area contributed by atoms with Gasteiger partial charge in [0.15, 0.2) is 9.84 Å². The van der Waals surface area contributed by atoms with Crippen LogP contribution in [0.15, 0.2) is 18.2 Å². The van der Waals surface area contributed by atoms with Crippen molar-refractivity contribution in [2.24, 2.45) is 5.92 Å². The van der Waals surface area contributed by atoms with E-state index >= 15 is 0 Å². The first-order valence-electron chi connectivity index (χ1n) is 6.56. The molecule has 2 rings (SSSR count). The smallest absolute Gasteiger partial charge is 0.338 e. The SMILES string of the molecule is COC(=O)c1cc(F)ccc1COC(=O)[C@H]1CCS(=O)(=O)C1. The molecule has 0 saturated carbocycles. The Hall–Kier alpha value is -1.96. The van der Waals surface area contributed by atoms with Crippen molar-refractivity contribution in [3.05, 3.63) is 35.1 Å². The van der Waals surface area contributed by atoms with Crippen molar-refractivity contribution < 1.29 is 31.9 Å². The number of esters is 2. The first-order chi connectivity index (χ1) is 10.3. The molecular formula is C14H15FO6S. The number of hydrogen-bond acceptors (Lipinski definition) is 6. The van der Waals surface area contributed by atoms with Crippen LogP contribution in [0, 0.1) is 11.7 Å². The van der Waals surface area contributed by atoms with E-state index in [9.17, 15) is 22.4 Å². The Kier molecular flexibility index (Phi) is 4.80. The Labute approximate surface area is 127 Å². The van der Waals surface area contributed by atoms with Gasteiger partial charge in [0.1, 0.15) is 12.4 Å². The molecule has 0 radical (unpaired) electrons. The van der Waals surface area contributed by atoms with Gasteiger partial charge in [-0.2, -0.15) is 0 Å². The maximum absolute atomic E-state index is 13.2. The standard InChI is InChI=1S/C14H15FO6S/c1-20-14(17)12-6-11(15)3-2-9(12)7-21-13(16)10-4-5-22(18,19)8-10/h2-3,6,10H,4-5,7-8H2,1H3/t10-/m0/s1. The number of benzene rings is 1. The molecule has 0 N–H and O–H groups in total. The van der Waals surface area contributed by atoms with Crippen molar-refractivity contribution in [1.82, 2.24) is 0 Å². The third-order valence-electron chi connectivity index (χ3n) is 3.41. The summed E-state index contributed by atoms with van der Waals surface area (Å²) in [6.45, 7) is -0.250. The van der Waals surface area contributed by atoms with Gasteiger partial charge in [0, 0.05) is 5.56 Å². The average Bonchev–Trinajstić information content (AvgIpc) is 2.85. The average molecular weight is 330 g/mol. The molecule has 6 nitrogen and oxygen atoms in total. The fourth-order valence-corrected chi connectivity index (χ4v) is 3.95. The van der Waals surface area contributed by atoms with Gasteiger partial charge in [0.05, 0.1) is 30.1 Å². The summed E-state index contributed by atoms with van der Waals surface area (Å²) in [5, 5.41) is 0. The molecule has 0 spiro atoms. The van der Waals surface area contributed by atoms with Crippen molar-refractivity contribution in [3.8, 4) is 0 Å². The van der Waals surface area contributed by atoms with Gasteiger partial charge < -0.3 is 9.47 Å². The van der Waals surface area contributed by atoms with E-state index < -0.39 is 33.5 Å². The van der Waals surface area contributed by atoms with Gasteiger partial charge in [-0.25, -0.2) is 17.6 Å². The predicted octanol–water partition coefficient (Wildman–Crippen LogP) is 1.09. The summed E-state index contributed by atoms with van der Waals surface area (Å²) in [4.78, 5) is 23.4. The van der Waals surface area contributed by atoms with Crippen LogP contribution >= 0.6 is 0 Å². The number of carbonyl (C=O) groups excluding carboxylic acids is 2. The molecule has 8 heteroatoms. The minimum absolute atomic E-state index is 0.0310. The molecule has 0 unspecified atom stereocenters. The first-order valence-corrected chi connectivity index (χ1v) is 8.38.